The Labute approximate surface area is 75.7 Å². The molecule has 0 saturated heterocycles. The Morgan fingerprint density at radius 2 is 1.92 bits per heavy atom. The number of methoxy groups -OCH3 is 1. The number of nitrogens with one attached hydrogen (secondary N) is 1. The molecule has 0 amide bonds. The van der Waals surface area contributed by atoms with Crippen LogP contribution in [-0.2, 0) is 4.74 Å². The number of rotatable bonds is 3. The second kappa shape index (κ2) is 3.35. The van der Waals surface area contributed by atoms with Gasteiger partial charge in [0.15, 0.2) is 0 Å². The molecule has 2 nitrogen and oxygen atoms in total. The van der Waals surface area contributed by atoms with E-state index >= 15 is 0 Å². The van der Waals surface area contributed by atoms with Gasteiger partial charge in [-0.25, -0.2) is 0 Å². The predicted octanol–water partition coefficient (Wildman–Crippen LogP) is 1.94. The first kappa shape index (κ1) is 10.0. The highest BCUT2D eigenvalue weighted by Crippen LogP contribution is 2.33. The maximum Gasteiger partial charge on any atom is 0.0644 e. The molecule has 0 aromatic carbocycles. The second-order valence-corrected chi connectivity index (χ2v) is 4.94. The minimum Gasteiger partial charge on any atom is -0.383 e. The second-order valence-electron chi connectivity index (χ2n) is 4.94. The highest BCUT2D eigenvalue weighted by atomic mass is 16.5. The Bertz CT molecular complexity index is 144. The average molecular weight is 171 g/mol. The molecule has 0 heterocycles. The Kier molecular flexibility index (Phi) is 2.79. The van der Waals surface area contributed by atoms with Gasteiger partial charge in [-0.1, -0.05) is 0 Å². The summed E-state index contributed by atoms with van der Waals surface area (Å²) < 4.78 is 5.23. The molecule has 0 bridgehead atoms. The fraction of sp³-hybridized carbons (Fsp3) is 1.00. The molecule has 1 aliphatic carbocycles. The number of hydrogen-bond acceptors (Lipinski definition) is 2. The molecule has 0 aliphatic heterocycles. The summed E-state index contributed by atoms with van der Waals surface area (Å²) in [7, 11) is 1.78. The monoisotopic (exact) mass is 171 g/mol. The minimum absolute atomic E-state index is 0.207. The molecule has 12 heavy (non-hydrogen) atoms. The zero-order valence-electron chi connectivity index (χ0n) is 8.74. The van der Waals surface area contributed by atoms with E-state index in [1.807, 2.05) is 0 Å². The lowest BCUT2D eigenvalue weighted by Gasteiger charge is -2.46. The van der Waals surface area contributed by atoms with Crippen LogP contribution in [0.25, 0.3) is 0 Å². The summed E-state index contributed by atoms with van der Waals surface area (Å²) in [6.07, 6.45) is 3.86. The first-order valence-corrected chi connectivity index (χ1v) is 4.76. The van der Waals surface area contributed by atoms with Crippen molar-refractivity contribution >= 4 is 0 Å². The van der Waals surface area contributed by atoms with Crippen LogP contribution in [0.15, 0.2) is 0 Å². The first-order chi connectivity index (χ1) is 5.47. The van der Waals surface area contributed by atoms with Crippen molar-refractivity contribution in [1.82, 2.24) is 5.32 Å². The van der Waals surface area contributed by atoms with Gasteiger partial charge < -0.3 is 10.1 Å². The van der Waals surface area contributed by atoms with E-state index in [1.165, 1.54) is 19.3 Å². The van der Waals surface area contributed by atoms with E-state index < -0.39 is 0 Å². The lowest BCUT2D eigenvalue weighted by molar-refractivity contribution is 0.0376. The highest BCUT2D eigenvalue weighted by molar-refractivity contribution is 4.99. The van der Waals surface area contributed by atoms with Gasteiger partial charge in [0.2, 0.25) is 0 Å². The average Bonchev–Trinajstić information content (AvgIpc) is 1.80. The molecule has 0 radical (unpaired) electrons. The van der Waals surface area contributed by atoms with Crippen LogP contribution < -0.4 is 5.32 Å². The van der Waals surface area contributed by atoms with Crippen LogP contribution in [-0.4, -0.2) is 24.8 Å². The van der Waals surface area contributed by atoms with Crippen LogP contribution in [0.2, 0.25) is 0 Å². The molecule has 1 aliphatic rings. The molecular weight excluding hydrogens is 150 g/mol. The van der Waals surface area contributed by atoms with Crippen molar-refractivity contribution in [2.45, 2.75) is 51.1 Å². The van der Waals surface area contributed by atoms with Gasteiger partial charge in [-0.2, -0.15) is 0 Å². The Balaban J connectivity index is 2.45. The Hall–Kier alpha value is -0.0800. The Morgan fingerprint density at radius 1 is 1.33 bits per heavy atom. The zero-order chi connectivity index (χ0) is 9.24. The summed E-state index contributed by atoms with van der Waals surface area (Å²) in [5, 5.41) is 3.65. The first-order valence-electron chi connectivity index (χ1n) is 4.76. The summed E-state index contributed by atoms with van der Waals surface area (Å²) >= 11 is 0. The number of ether oxygens (including phenoxy) is 1. The maximum atomic E-state index is 5.23. The van der Waals surface area contributed by atoms with Crippen molar-refractivity contribution < 1.29 is 4.74 Å². The lowest BCUT2D eigenvalue weighted by atomic mass is 9.76. The van der Waals surface area contributed by atoms with E-state index in [-0.39, 0.29) is 11.1 Å². The third-order valence-corrected chi connectivity index (χ3v) is 2.37. The quantitative estimate of drug-likeness (QED) is 0.700. The van der Waals surface area contributed by atoms with Crippen LogP contribution in [0.3, 0.4) is 0 Å². The molecule has 0 unspecified atom stereocenters. The van der Waals surface area contributed by atoms with Gasteiger partial charge in [-0.05, 0) is 40.0 Å². The summed E-state index contributed by atoms with van der Waals surface area (Å²) in [5.74, 6) is 0. The van der Waals surface area contributed by atoms with Crippen LogP contribution in [0.1, 0.15) is 40.0 Å². The molecule has 1 saturated carbocycles. The highest BCUT2D eigenvalue weighted by Gasteiger charge is 2.39. The van der Waals surface area contributed by atoms with Crippen LogP contribution in [0.4, 0.5) is 0 Å². The smallest absolute Gasteiger partial charge is 0.0644 e. The molecule has 2 heteroatoms. The van der Waals surface area contributed by atoms with Gasteiger partial charge in [-0.3, -0.25) is 0 Å². The largest absolute Gasteiger partial charge is 0.383 e. The molecule has 1 rings (SSSR count). The predicted molar refractivity (Wildman–Crippen MR) is 51.3 cm³/mol. The minimum atomic E-state index is 0.207. The van der Waals surface area contributed by atoms with Crippen LogP contribution >= 0.6 is 0 Å². The van der Waals surface area contributed by atoms with Gasteiger partial charge in [0.1, 0.15) is 0 Å². The summed E-state index contributed by atoms with van der Waals surface area (Å²) in [6.45, 7) is 7.48. The van der Waals surface area contributed by atoms with Gasteiger partial charge >= 0.3 is 0 Å². The van der Waals surface area contributed by atoms with Crippen molar-refractivity contribution in [3.05, 3.63) is 0 Å². The van der Waals surface area contributed by atoms with Crippen LogP contribution in [0.5, 0.6) is 0 Å². The topological polar surface area (TPSA) is 21.3 Å². The van der Waals surface area contributed by atoms with E-state index in [0.717, 1.165) is 6.61 Å². The van der Waals surface area contributed by atoms with E-state index in [2.05, 4.69) is 26.1 Å². The summed E-state index contributed by atoms with van der Waals surface area (Å²) in [5.41, 5.74) is 0.492. The molecule has 1 N–H and O–H groups in total. The third-order valence-electron chi connectivity index (χ3n) is 2.37. The maximum absolute atomic E-state index is 5.23. The molecule has 1 fully saturated rings. The van der Waals surface area contributed by atoms with Crippen LogP contribution in [0, 0.1) is 0 Å². The zero-order valence-corrected chi connectivity index (χ0v) is 8.74. The van der Waals surface area contributed by atoms with Crippen molar-refractivity contribution in [3.63, 3.8) is 0 Å². The molecule has 0 aromatic heterocycles. The fourth-order valence-electron chi connectivity index (χ4n) is 1.98. The van der Waals surface area contributed by atoms with E-state index in [1.54, 1.807) is 7.11 Å². The van der Waals surface area contributed by atoms with Crippen molar-refractivity contribution in [2.75, 3.05) is 13.7 Å². The van der Waals surface area contributed by atoms with Gasteiger partial charge in [-0.15, -0.1) is 0 Å². The van der Waals surface area contributed by atoms with E-state index in [0.29, 0.717) is 0 Å². The summed E-state index contributed by atoms with van der Waals surface area (Å²) in [4.78, 5) is 0. The SMILES string of the molecule is COCC1(NC(C)(C)C)CCC1. The van der Waals surface area contributed by atoms with E-state index in [9.17, 15) is 0 Å². The summed E-state index contributed by atoms with van der Waals surface area (Å²) in [6, 6.07) is 0. The normalized spacial score (nSPS) is 22.0. The molecular formula is C10H21NO. The third kappa shape index (κ3) is 2.46. The molecule has 0 aromatic rings. The van der Waals surface area contributed by atoms with Gasteiger partial charge in [0.25, 0.3) is 0 Å². The number of hydrogen-bond donors (Lipinski definition) is 1. The lowest BCUT2D eigenvalue weighted by Crippen LogP contribution is -2.60. The van der Waals surface area contributed by atoms with Gasteiger partial charge in [0.05, 0.1) is 6.61 Å². The van der Waals surface area contributed by atoms with Crippen molar-refractivity contribution in [1.29, 1.82) is 0 Å². The standard InChI is InChI=1S/C10H21NO/c1-9(2,3)11-10(8-12-4)6-5-7-10/h11H,5-8H2,1-4H3. The fourth-order valence-corrected chi connectivity index (χ4v) is 1.98. The molecule has 0 atom stereocenters. The molecule has 0 spiro atoms. The van der Waals surface area contributed by atoms with Gasteiger partial charge in [0, 0.05) is 18.2 Å². The van der Waals surface area contributed by atoms with E-state index in [4.69, 9.17) is 4.74 Å². The van der Waals surface area contributed by atoms with Crippen molar-refractivity contribution in [2.24, 2.45) is 0 Å². The Morgan fingerprint density at radius 3 is 2.17 bits per heavy atom. The molecule has 72 valence electrons. The van der Waals surface area contributed by atoms with Crippen molar-refractivity contribution in [3.8, 4) is 0 Å².